The van der Waals surface area contributed by atoms with Crippen molar-refractivity contribution in [3.8, 4) is 22.8 Å². The van der Waals surface area contributed by atoms with E-state index >= 15 is 0 Å². The third kappa shape index (κ3) is 3.80. The number of aromatic nitrogens is 1. The van der Waals surface area contributed by atoms with Crippen LogP contribution in [0.2, 0.25) is 0 Å². The topological polar surface area (TPSA) is 73.6 Å². The summed E-state index contributed by atoms with van der Waals surface area (Å²) in [5.41, 5.74) is 2.06. The minimum absolute atomic E-state index is 0.226. The fourth-order valence-corrected chi connectivity index (χ4v) is 2.37. The molecule has 0 fully saturated rings. The molecular formula is C19H18N2O4. The summed E-state index contributed by atoms with van der Waals surface area (Å²) in [6.07, 6.45) is 3.02. The number of nitrogens with one attached hydrogen (secondary N) is 1. The third-order valence-electron chi connectivity index (χ3n) is 3.59. The molecule has 0 saturated carbocycles. The number of methoxy groups -OCH3 is 1. The van der Waals surface area contributed by atoms with Crippen LogP contribution in [0.25, 0.3) is 11.3 Å². The first kappa shape index (κ1) is 16.6. The molecule has 3 aromatic rings. The molecule has 0 unspecified atom stereocenters. The first-order valence-corrected chi connectivity index (χ1v) is 7.82. The normalized spacial score (nSPS) is 10.3. The summed E-state index contributed by atoms with van der Waals surface area (Å²) >= 11 is 0. The second-order valence-corrected chi connectivity index (χ2v) is 5.20. The number of carbonyl (C=O) groups excluding carboxylic acids is 1. The van der Waals surface area contributed by atoms with Gasteiger partial charge in [-0.05, 0) is 49.4 Å². The Labute approximate surface area is 145 Å². The summed E-state index contributed by atoms with van der Waals surface area (Å²) < 4.78 is 16.0. The summed E-state index contributed by atoms with van der Waals surface area (Å²) in [7, 11) is 1.56. The van der Waals surface area contributed by atoms with Crippen molar-refractivity contribution in [1.82, 2.24) is 4.98 Å². The average Bonchev–Trinajstić information content (AvgIpc) is 3.17. The van der Waals surface area contributed by atoms with Crippen LogP contribution >= 0.6 is 0 Å². The Morgan fingerprint density at radius 1 is 1.16 bits per heavy atom. The van der Waals surface area contributed by atoms with Gasteiger partial charge < -0.3 is 19.2 Å². The summed E-state index contributed by atoms with van der Waals surface area (Å²) in [4.78, 5) is 16.3. The molecule has 0 aliphatic heterocycles. The Morgan fingerprint density at radius 3 is 2.60 bits per heavy atom. The van der Waals surface area contributed by atoms with Gasteiger partial charge in [-0.15, -0.1) is 0 Å². The molecule has 6 heteroatoms. The molecule has 0 spiro atoms. The molecule has 6 nitrogen and oxygen atoms in total. The van der Waals surface area contributed by atoms with Crippen LogP contribution in [0.4, 0.5) is 5.69 Å². The number of ether oxygens (including phenoxy) is 2. The lowest BCUT2D eigenvalue weighted by molar-refractivity contribution is 0.102. The standard InChI is InChI=1S/C19H18N2O4/c1-3-24-17-10-14(6-9-16(17)23-2)19(22)21-15-7-4-13(5-8-15)18-11-20-12-25-18/h4-12H,3H2,1-2H3,(H,21,22). The van der Waals surface area contributed by atoms with E-state index in [0.717, 1.165) is 5.56 Å². The third-order valence-corrected chi connectivity index (χ3v) is 3.59. The van der Waals surface area contributed by atoms with Gasteiger partial charge in [-0.25, -0.2) is 4.98 Å². The van der Waals surface area contributed by atoms with E-state index in [0.29, 0.717) is 35.1 Å². The van der Waals surface area contributed by atoms with E-state index in [1.807, 2.05) is 31.2 Å². The maximum Gasteiger partial charge on any atom is 0.255 e. The van der Waals surface area contributed by atoms with E-state index < -0.39 is 0 Å². The van der Waals surface area contributed by atoms with Crippen LogP contribution < -0.4 is 14.8 Å². The molecule has 1 N–H and O–H groups in total. The predicted octanol–water partition coefficient (Wildman–Crippen LogP) is 4.00. The van der Waals surface area contributed by atoms with Gasteiger partial charge in [-0.1, -0.05) is 0 Å². The zero-order valence-corrected chi connectivity index (χ0v) is 14.0. The van der Waals surface area contributed by atoms with Gasteiger partial charge in [-0.3, -0.25) is 4.79 Å². The Hall–Kier alpha value is -3.28. The number of nitrogens with zero attached hydrogens (tertiary/aromatic N) is 1. The van der Waals surface area contributed by atoms with Crippen LogP contribution in [0.1, 0.15) is 17.3 Å². The molecule has 0 radical (unpaired) electrons. The molecule has 0 atom stereocenters. The molecule has 0 saturated heterocycles. The van der Waals surface area contributed by atoms with Crippen molar-refractivity contribution < 1.29 is 18.7 Å². The van der Waals surface area contributed by atoms with Crippen LogP contribution in [0, 0.1) is 0 Å². The van der Waals surface area contributed by atoms with Gasteiger partial charge in [0.1, 0.15) is 0 Å². The molecule has 1 amide bonds. The van der Waals surface area contributed by atoms with Crippen molar-refractivity contribution >= 4 is 11.6 Å². The first-order chi connectivity index (χ1) is 12.2. The molecule has 0 bridgehead atoms. The Kier molecular flexibility index (Phi) is 4.99. The number of anilines is 1. The second kappa shape index (κ2) is 7.53. The number of hydrogen-bond acceptors (Lipinski definition) is 5. The number of benzene rings is 2. The Bertz CT molecular complexity index is 842. The first-order valence-electron chi connectivity index (χ1n) is 7.82. The molecule has 1 heterocycles. The Balaban J connectivity index is 1.74. The van der Waals surface area contributed by atoms with Gasteiger partial charge in [0.05, 0.1) is 19.9 Å². The van der Waals surface area contributed by atoms with Gasteiger partial charge in [0.2, 0.25) is 0 Å². The van der Waals surface area contributed by atoms with Crippen LogP contribution in [-0.4, -0.2) is 24.6 Å². The SMILES string of the molecule is CCOc1cc(C(=O)Nc2ccc(-c3cnco3)cc2)ccc1OC. The largest absolute Gasteiger partial charge is 0.493 e. The van der Waals surface area contributed by atoms with Crippen LogP contribution in [0.3, 0.4) is 0 Å². The van der Waals surface area contributed by atoms with E-state index in [9.17, 15) is 4.79 Å². The highest BCUT2D eigenvalue weighted by molar-refractivity contribution is 6.04. The van der Waals surface area contributed by atoms with Crippen LogP contribution in [0.15, 0.2) is 59.5 Å². The number of amides is 1. The van der Waals surface area contributed by atoms with Crippen molar-refractivity contribution in [3.05, 3.63) is 60.6 Å². The smallest absolute Gasteiger partial charge is 0.255 e. The van der Waals surface area contributed by atoms with E-state index in [2.05, 4.69) is 10.3 Å². The van der Waals surface area contributed by atoms with E-state index in [1.54, 1.807) is 31.5 Å². The van der Waals surface area contributed by atoms with Crippen molar-refractivity contribution in [2.75, 3.05) is 19.0 Å². The van der Waals surface area contributed by atoms with Gasteiger partial charge in [0.25, 0.3) is 5.91 Å². The van der Waals surface area contributed by atoms with Crippen molar-refractivity contribution in [2.24, 2.45) is 0 Å². The van der Waals surface area contributed by atoms with Crippen molar-refractivity contribution in [1.29, 1.82) is 0 Å². The van der Waals surface area contributed by atoms with Crippen molar-refractivity contribution in [2.45, 2.75) is 6.92 Å². The molecule has 1 aromatic heterocycles. The summed E-state index contributed by atoms with van der Waals surface area (Å²) in [5.74, 6) is 1.58. The second-order valence-electron chi connectivity index (χ2n) is 5.20. The molecule has 0 aliphatic rings. The van der Waals surface area contributed by atoms with E-state index in [4.69, 9.17) is 13.9 Å². The highest BCUT2D eigenvalue weighted by Gasteiger charge is 2.11. The Morgan fingerprint density at radius 2 is 1.96 bits per heavy atom. The zero-order valence-electron chi connectivity index (χ0n) is 14.0. The lowest BCUT2D eigenvalue weighted by Crippen LogP contribution is -2.12. The summed E-state index contributed by atoms with van der Waals surface area (Å²) in [6, 6.07) is 12.4. The fourth-order valence-electron chi connectivity index (χ4n) is 2.37. The number of hydrogen-bond donors (Lipinski definition) is 1. The predicted molar refractivity (Wildman–Crippen MR) is 94.1 cm³/mol. The monoisotopic (exact) mass is 338 g/mol. The minimum Gasteiger partial charge on any atom is -0.493 e. The maximum atomic E-state index is 12.4. The van der Waals surface area contributed by atoms with E-state index in [1.165, 1.54) is 6.39 Å². The number of rotatable bonds is 6. The summed E-state index contributed by atoms with van der Waals surface area (Å²) in [6.45, 7) is 2.37. The maximum absolute atomic E-state index is 12.4. The van der Waals surface area contributed by atoms with Gasteiger partial charge >= 0.3 is 0 Å². The van der Waals surface area contributed by atoms with Gasteiger partial charge in [-0.2, -0.15) is 0 Å². The molecule has 128 valence electrons. The number of oxazole rings is 1. The lowest BCUT2D eigenvalue weighted by Gasteiger charge is -2.11. The lowest BCUT2D eigenvalue weighted by atomic mass is 10.1. The van der Waals surface area contributed by atoms with Gasteiger partial charge in [0.15, 0.2) is 23.7 Å². The van der Waals surface area contributed by atoms with E-state index in [-0.39, 0.29) is 5.91 Å². The molecule has 3 rings (SSSR count). The minimum atomic E-state index is -0.226. The summed E-state index contributed by atoms with van der Waals surface area (Å²) in [5, 5.41) is 2.86. The van der Waals surface area contributed by atoms with Crippen LogP contribution in [0.5, 0.6) is 11.5 Å². The highest BCUT2D eigenvalue weighted by Crippen LogP contribution is 2.28. The highest BCUT2D eigenvalue weighted by atomic mass is 16.5. The quantitative estimate of drug-likeness (QED) is 0.735. The molecular weight excluding hydrogens is 320 g/mol. The average molecular weight is 338 g/mol. The van der Waals surface area contributed by atoms with Crippen LogP contribution in [-0.2, 0) is 0 Å². The molecule has 2 aromatic carbocycles. The molecule has 25 heavy (non-hydrogen) atoms. The fraction of sp³-hybridized carbons (Fsp3) is 0.158. The van der Waals surface area contributed by atoms with Crippen molar-refractivity contribution in [3.63, 3.8) is 0 Å². The number of carbonyl (C=O) groups is 1. The zero-order chi connectivity index (χ0) is 17.6. The van der Waals surface area contributed by atoms with Gasteiger partial charge in [0, 0.05) is 16.8 Å². The molecule has 0 aliphatic carbocycles.